The summed E-state index contributed by atoms with van der Waals surface area (Å²) in [7, 11) is 1.95. The van der Waals surface area contributed by atoms with Gasteiger partial charge in [0.15, 0.2) is 5.82 Å². The molecule has 2 amide bonds. The summed E-state index contributed by atoms with van der Waals surface area (Å²) in [5.41, 5.74) is 1.81. The van der Waals surface area contributed by atoms with Gasteiger partial charge in [-0.15, -0.1) is 0 Å². The number of aryl methyl sites for hydroxylation is 2. The van der Waals surface area contributed by atoms with Crippen molar-refractivity contribution in [3.05, 3.63) is 29.2 Å². The van der Waals surface area contributed by atoms with E-state index in [1.54, 1.807) is 6.92 Å². The van der Waals surface area contributed by atoms with Crippen LogP contribution in [0.4, 0.5) is 4.79 Å². The van der Waals surface area contributed by atoms with Crippen molar-refractivity contribution in [3.63, 3.8) is 0 Å². The summed E-state index contributed by atoms with van der Waals surface area (Å²) in [5, 5.41) is 14.7. The van der Waals surface area contributed by atoms with E-state index in [-0.39, 0.29) is 12.1 Å². The van der Waals surface area contributed by atoms with E-state index in [1.807, 2.05) is 17.9 Å². The molecule has 8 heteroatoms. The van der Waals surface area contributed by atoms with E-state index < -0.39 is 5.54 Å². The van der Waals surface area contributed by atoms with E-state index in [1.165, 1.54) is 5.69 Å². The van der Waals surface area contributed by atoms with Crippen LogP contribution in [-0.4, -0.2) is 26.0 Å². The molecule has 0 bridgehead atoms. The predicted molar refractivity (Wildman–Crippen MR) is 89.7 cm³/mol. The number of rotatable bonds is 3. The van der Waals surface area contributed by atoms with E-state index in [2.05, 4.69) is 25.9 Å². The maximum Gasteiger partial charge on any atom is 0.316 e. The van der Waals surface area contributed by atoms with Crippen LogP contribution in [0.25, 0.3) is 0 Å². The molecule has 25 heavy (non-hydrogen) atoms. The smallest absolute Gasteiger partial charge is 0.316 e. The second-order valence-corrected chi connectivity index (χ2v) is 7.14. The minimum absolute atomic E-state index is 0.00269. The highest BCUT2D eigenvalue weighted by molar-refractivity contribution is 5.75. The fourth-order valence-electron chi connectivity index (χ4n) is 4.14. The summed E-state index contributed by atoms with van der Waals surface area (Å²) < 4.78 is 7.04. The Hall–Kier alpha value is -2.38. The summed E-state index contributed by atoms with van der Waals surface area (Å²) in [5.74, 6) is 1.11. The third-order valence-electron chi connectivity index (χ3n) is 5.45. The summed E-state index contributed by atoms with van der Waals surface area (Å²) in [4.78, 5) is 17.1. The van der Waals surface area contributed by atoms with Gasteiger partial charge in [-0.2, -0.15) is 10.1 Å². The fourth-order valence-corrected chi connectivity index (χ4v) is 4.14. The Labute approximate surface area is 146 Å². The molecule has 1 unspecified atom stereocenters. The van der Waals surface area contributed by atoms with Crippen LogP contribution in [0.5, 0.6) is 0 Å². The molecule has 0 aromatic carbocycles. The predicted octanol–water partition coefficient (Wildman–Crippen LogP) is 2.26. The second kappa shape index (κ2) is 6.16. The van der Waals surface area contributed by atoms with Crippen LogP contribution in [0.2, 0.25) is 0 Å². The van der Waals surface area contributed by atoms with Gasteiger partial charge < -0.3 is 15.2 Å². The fraction of sp³-hybridized carbons (Fsp3) is 0.647. The van der Waals surface area contributed by atoms with E-state index in [4.69, 9.17) is 4.52 Å². The zero-order valence-electron chi connectivity index (χ0n) is 14.7. The van der Waals surface area contributed by atoms with Crippen LogP contribution >= 0.6 is 0 Å². The molecule has 2 heterocycles. The van der Waals surface area contributed by atoms with Gasteiger partial charge in [-0.1, -0.05) is 18.0 Å². The quantitative estimate of drug-likeness (QED) is 0.890. The lowest BCUT2D eigenvalue weighted by Crippen LogP contribution is -2.50. The Kier molecular flexibility index (Phi) is 3.97. The standard InChI is InChI=1S/C17H24N6O2/c1-11-19-15(22-25-11)17(8-3-4-9-17)21-16(24)20-13-6-5-7-14-12(13)10-18-23(14)2/h10,13H,3-9H2,1-2H3,(H2,20,21,24). The first-order valence-corrected chi connectivity index (χ1v) is 8.98. The molecule has 1 atom stereocenters. The van der Waals surface area contributed by atoms with Gasteiger partial charge in [0.05, 0.1) is 12.2 Å². The van der Waals surface area contributed by atoms with Gasteiger partial charge in [-0.05, 0) is 32.1 Å². The first-order chi connectivity index (χ1) is 12.1. The zero-order valence-corrected chi connectivity index (χ0v) is 14.7. The SMILES string of the molecule is Cc1nc(C2(NC(=O)NC3CCCc4c3cnn4C)CCCC2)no1. The van der Waals surface area contributed by atoms with Gasteiger partial charge in [0.2, 0.25) is 5.89 Å². The molecule has 8 nitrogen and oxygen atoms in total. The summed E-state index contributed by atoms with van der Waals surface area (Å²) in [6.45, 7) is 1.77. The van der Waals surface area contributed by atoms with Crippen LogP contribution in [0.15, 0.2) is 10.7 Å². The van der Waals surface area contributed by atoms with Gasteiger partial charge >= 0.3 is 6.03 Å². The first kappa shape index (κ1) is 16.1. The number of aromatic nitrogens is 4. The lowest BCUT2D eigenvalue weighted by Gasteiger charge is -2.29. The van der Waals surface area contributed by atoms with Gasteiger partial charge in [0, 0.05) is 25.2 Å². The van der Waals surface area contributed by atoms with Crippen LogP contribution in [0.1, 0.15) is 67.5 Å². The van der Waals surface area contributed by atoms with Crippen molar-refractivity contribution >= 4 is 6.03 Å². The largest absolute Gasteiger partial charge is 0.340 e. The van der Waals surface area contributed by atoms with Crippen molar-refractivity contribution in [1.29, 1.82) is 0 Å². The molecule has 1 saturated carbocycles. The van der Waals surface area contributed by atoms with Crippen molar-refractivity contribution in [1.82, 2.24) is 30.6 Å². The topological polar surface area (TPSA) is 97.9 Å². The Bertz CT molecular complexity index is 774. The number of nitrogens with zero attached hydrogens (tertiary/aromatic N) is 4. The second-order valence-electron chi connectivity index (χ2n) is 7.14. The van der Waals surface area contributed by atoms with Crippen LogP contribution < -0.4 is 10.6 Å². The summed E-state index contributed by atoms with van der Waals surface area (Å²) in [6, 6.07) is -0.172. The lowest BCUT2D eigenvalue weighted by atomic mass is 9.93. The molecule has 1 fully saturated rings. The maximum absolute atomic E-state index is 12.7. The van der Waals surface area contributed by atoms with Crippen LogP contribution in [0.3, 0.4) is 0 Å². The number of hydrogen-bond acceptors (Lipinski definition) is 5. The monoisotopic (exact) mass is 344 g/mol. The number of carbonyl (C=O) groups excluding carboxylic acids is 1. The Morgan fingerprint density at radius 3 is 2.88 bits per heavy atom. The molecule has 0 spiro atoms. The van der Waals surface area contributed by atoms with Gasteiger partial charge in [0.1, 0.15) is 5.54 Å². The maximum atomic E-state index is 12.7. The van der Waals surface area contributed by atoms with Crippen molar-refractivity contribution in [2.75, 3.05) is 0 Å². The van der Waals surface area contributed by atoms with Crippen LogP contribution in [0, 0.1) is 6.92 Å². The van der Waals surface area contributed by atoms with Gasteiger partial charge in [-0.25, -0.2) is 4.79 Å². The van der Waals surface area contributed by atoms with Crippen molar-refractivity contribution < 1.29 is 9.32 Å². The van der Waals surface area contributed by atoms with E-state index >= 15 is 0 Å². The average molecular weight is 344 g/mol. The number of urea groups is 1. The number of hydrogen-bond donors (Lipinski definition) is 2. The minimum atomic E-state index is -0.520. The third kappa shape index (κ3) is 2.89. The molecule has 0 aliphatic heterocycles. The Morgan fingerprint density at radius 2 is 2.16 bits per heavy atom. The normalized spacial score (nSPS) is 21.8. The highest BCUT2D eigenvalue weighted by atomic mass is 16.5. The molecule has 2 aromatic rings. The molecule has 2 aliphatic carbocycles. The summed E-state index contributed by atoms with van der Waals surface area (Å²) >= 11 is 0. The number of carbonyl (C=O) groups is 1. The van der Waals surface area contributed by atoms with Gasteiger partial charge in [0.25, 0.3) is 0 Å². The van der Waals surface area contributed by atoms with E-state index in [9.17, 15) is 4.79 Å². The van der Waals surface area contributed by atoms with Crippen molar-refractivity contribution in [3.8, 4) is 0 Å². The number of nitrogens with one attached hydrogen (secondary N) is 2. The molecular formula is C17H24N6O2. The molecule has 2 aliphatic rings. The van der Waals surface area contributed by atoms with Gasteiger partial charge in [-0.3, -0.25) is 4.68 Å². The Balaban J connectivity index is 1.50. The Morgan fingerprint density at radius 1 is 1.36 bits per heavy atom. The molecule has 0 saturated heterocycles. The molecular weight excluding hydrogens is 320 g/mol. The molecule has 4 rings (SSSR count). The first-order valence-electron chi connectivity index (χ1n) is 8.98. The summed E-state index contributed by atoms with van der Waals surface area (Å²) in [6.07, 6.45) is 8.62. The van der Waals surface area contributed by atoms with Crippen molar-refractivity contribution in [2.45, 2.75) is 63.5 Å². The molecule has 134 valence electrons. The average Bonchev–Trinajstić information content (AvgIpc) is 3.30. The number of amides is 2. The van der Waals surface area contributed by atoms with E-state index in [0.717, 1.165) is 50.5 Å². The van der Waals surface area contributed by atoms with Crippen molar-refractivity contribution in [2.24, 2.45) is 7.05 Å². The molecule has 0 radical (unpaired) electrons. The highest BCUT2D eigenvalue weighted by Crippen LogP contribution is 2.37. The molecule has 2 aromatic heterocycles. The lowest BCUT2D eigenvalue weighted by molar-refractivity contribution is 0.215. The minimum Gasteiger partial charge on any atom is -0.340 e. The highest BCUT2D eigenvalue weighted by Gasteiger charge is 2.41. The molecule has 2 N–H and O–H groups in total. The zero-order chi connectivity index (χ0) is 17.4. The van der Waals surface area contributed by atoms with Crippen LogP contribution in [-0.2, 0) is 19.0 Å². The van der Waals surface area contributed by atoms with E-state index in [0.29, 0.717) is 11.7 Å². The third-order valence-corrected chi connectivity index (χ3v) is 5.45. The number of fused-ring (bicyclic) bond motifs is 1.